The van der Waals surface area contributed by atoms with Gasteiger partial charge in [0.2, 0.25) is 15.9 Å². The predicted molar refractivity (Wildman–Crippen MR) is 111 cm³/mol. The molecule has 1 atom stereocenters. The molecule has 0 N–H and O–H groups in total. The molecular formula is C21H25N3O5S. The van der Waals surface area contributed by atoms with Gasteiger partial charge in [-0.15, -0.1) is 0 Å². The van der Waals surface area contributed by atoms with Crippen LogP contribution in [0.4, 0.5) is 5.69 Å². The number of carbonyl (C=O) groups is 2. The van der Waals surface area contributed by atoms with Crippen molar-refractivity contribution in [1.82, 2.24) is 9.29 Å². The number of carbonyl (C=O) groups excluding carboxylic acids is 2. The van der Waals surface area contributed by atoms with Crippen molar-refractivity contribution in [2.45, 2.75) is 31.8 Å². The number of hydrogen-bond acceptors (Lipinski definition) is 6. The zero-order valence-corrected chi connectivity index (χ0v) is 17.8. The van der Waals surface area contributed by atoms with Gasteiger partial charge in [-0.25, -0.2) is 8.42 Å². The van der Waals surface area contributed by atoms with Gasteiger partial charge in [-0.3, -0.25) is 14.6 Å². The quantitative estimate of drug-likeness (QED) is 0.595. The van der Waals surface area contributed by atoms with Gasteiger partial charge >= 0.3 is 5.97 Å². The summed E-state index contributed by atoms with van der Waals surface area (Å²) in [7, 11) is -3.56. The Hall–Kier alpha value is -2.78. The van der Waals surface area contributed by atoms with Crippen molar-refractivity contribution in [3.8, 4) is 0 Å². The number of hydrogen-bond donors (Lipinski definition) is 0. The van der Waals surface area contributed by atoms with Gasteiger partial charge in [-0.05, 0) is 36.4 Å². The molecule has 1 unspecified atom stereocenters. The standard InChI is InChI=1S/C21H25N3O5S/c1-3-23(4-2)30(27,28)19-10-8-18(9-11-19)24-14-16(13-20(24)25)21(26)29-15-17-7-5-6-12-22-17/h5-12,16H,3-4,13-15H2,1-2H3. The number of anilines is 1. The van der Waals surface area contributed by atoms with E-state index in [4.69, 9.17) is 4.74 Å². The summed E-state index contributed by atoms with van der Waals surface area (Å²) in [5.74, 6) is -1.22. The maximum absolute atomic E-state index is 12.6. The number of amides is 1. The van der Waals surface area contributed by atoms with E-state index in [-0.39, 0.29) is 30.4 Å². The molecule has 160 valence electrons. The summed E-state index contributed by atoms with van der Waals surface area (Å²) in [4.78, 5) is 30.5. The molecular weight excluding hydrogens is 406 g/mol. The van der Waals surface area contributed by atoms with Crippen LogP contribution >= 0.6 is 0 Å². The smallest absolute Gasteiger partial charge is 0.311 e. The van der Waals surface area contributed by atoms with Gasteiger partial charge in [0, 0.05) is 37.9 Å². The van der Waals surface area contributed by atoms with Crippen molar-refractivity contribution in [3.05, 3.63) is 54.4 Å². The zero-order chi connectivity index (χ0) is 21.7. The van der Waals surface area contributed by atoms with Crippen LogP contribution in [0.2, 0.25) is 0 Å². The molecule has 9 heteroatoms. The third-order valence-corrected chi connectivity index (χ3v) is 7.10. The Morgan fingerprint density at radius 2 is 1.87 bits per heavy atom. The Morgan fingerprint density at radius 1 is 1.17 bits per heavy atom. The summed E-state index contributed by atoms with van der Waals surface area (Å²) in [5.41, 5.74) is 1.19. The van der Waals surface area contributed by atoms with Crippen LogP contribution in [0.3, 0.4) is 0 Å². The molecule has 2 aromatic rings. The van der Waals surface area contributed by atoms with Crippen molar-refractivity contribution < 1.29 is 22.7 Å². The number of sulfonamides is 1. The molecule has 0 radical (unpaired) electrons. The lowest BCUT2D eigenvalue weighted by Crippen LogP contribution is -2.30. The summed E-state index contributed by atoms with van der Waals surface area (Å²) in [5, 5.41) is 0. The SMILES string of the molecule is CCN(CC)S(=O)(=O)c1ccc(N2CC(C(=O)OCc3ccccn3)CC2=O)cc1. The average molecular weight is 432 g/mol. The molecule has 1 aromatic heterocycles. The molecule has 8 nitrogen and oxygen atoms in total. The van der Waals surface area contributed by atoms with Crippen LogP contribution in [0.5, 0.6) is 0 Å². The maximum atomic E-state index is 12.6. The highest BCUT2D eigenvalue weighted by atomic mass is 32.2. The summed E-state index contributed by atoms with van der Waals surface area (Å²) in [6.45, 7) is 4.59. The minimum Gasteiger partial charge on any atom is -0.459 e. The van der Waals surface area contributed by atoms with Crippen molar-refractivity contribution in [2.75, 3.05) is 24.5 Å². The minimum absolute atomic E-state index is 0.0561. The van der Waals surface area contributed by atoms with Gasteiger partial charge in [0.05, 0.1) is 16.5 Å². The number of aromatic nitrogens is 1. The Balaban J connectivity index is 1.65. The summed E-state index contributed by atoms with van der Waals surface area (Å²) in [6.07, 6.45) is 1.68. The molecule has 0 bridgehead atoms. The van der Waals surface area contributed by atoms with Crippen molar-refractivity contribution in [2.24, 2.45) is 5.92 Å². The first-order valence-electron chi connectivity index (χ1n) is 9.84. The van der Waals surface area contributed by atoms with Gasteiger partial charge in [-0.2, -0.15) is 4.31 Å². The van der Waals surface area contributed by atoms with E-state index in [9.17, 15) is 18.0 Å². The lowest BCUT2D eigenvalue weighted by molar-refractivity contribution is -0.149. The summed E-state index contributed by atoms with van der Waals surface area (Å²) >= 11 is 0. The van der Waals surface area contributed by atoms with Gasteiger partial charge in [0.15, 0.2) is 0 Å². The highest BCUT2D eigenvalue weighted by molar-refractivity contribution is 7.89. The Morgan fingerprint density at radius 3 is 2.47 bits per heavy atom. The molecule has 3 rings (SSSR count). The van der Waals surface area contributed by atoms with Gasteiger partial charge in [0.1, 0.15) is 6.61 Å². The van der Waals surface area contributed by atoms with Gasteiger partial charge in [0.25, 0.3) is 0 Å². The van der Waals surface area contributed by atoms with E-state index in [2.05, 4.69) is 4.98 Å². The van der Waals surface area contributed by atoms with Crippen LogP contribution in [0.15, 0.2) is 53.6 Å². The molecule has 1 fully saturated rings. The lowest BCUT2D eigenvalue weighted by atomic mass is 10.1. The van der Waals surface area contributed by atoms with Crippen molar-refractivity contribution in [1.29, 1.82) is 0 Å². The lowest BCUT2D eigenvalue weighted by Gasteiger charge is -2.20. The Labute approximate surface area is 176 Å². The van der Waals surface area contributed by atoms with E-state index in [1.165, 1.54) is 21.3 Å². The number of ether oxygens (including phenoxy) is 1. The highest BCUT2D eigenvalue weighted by Crippen LogP contribution is 2.27. The van der Waals surface area contributed by atoms with E-state index in [1.807, 2.05) is 0 Å². The number of rotatable bonds is 8. The summed E-state index contributed by atoms with van der Waals surface area (Å²) in [6, 6.07) is 11.5. The molecule has 0 aliphatic carbocycles. The van der Waals surface area contributed by atoms with E-state index < -0.39 is 21.9 Å². The third kappa shape index (κ3) is 4.68. The number of pyridine rings is 1. The van der Waals surface area contributed by atoms with Crippen molar-refractivity contribution in [3.63, 3.8) is 0 Å². The molecule has 1 aromatic carbocycles. The molecule has 1 amide bonds. The van der Waals surface area contributed by atoms with Crippen LogP contribution in [0.25, 0.3) is 0 Å². The largest absolute Gasteiger partial charge is 0.459 e. The van der Waals surface area contributed by atoms with Crippen molar-refractivity contribution >= 4 is 27.6 Å². The topological polar surface area (TPSA) is 96.9 Å². The second kappa shape index (κ2) is 9.36. The third-order valence-electron chi connectivity index (χ3n) is 5.04. The van der Waals surface area contributed by atoms with E-state index in [0.717, 1.165) is 0 Å². The second-order valence-corrected chi connectivity index (χ2v) is 8.86. The normalized spacial score (nSPS) is 16.8. The average Bonchev–Trinajstić information content (AvgIpc) is 3.15. The molecule has 0 spiro atoms. The fourth-order valence-corrected chi connectivity index (χ4v) is 4.83. The summed E-state index contributed by atoms with van der Waals surface area (Å²) < 4.78 is 31.9. The van der Waals surface area contributed by atoms with E-state index in [1.54, 1.807) is 50.4 Å². The van der Waals surface area contributed by atoms with Crippen LogP contribution < -0.4 is 4.90 Å². The first-order valence-corrected chi connectivity index (χ1v) is 11.3. The minimum atomic E-state index is -3.56. The fraction of sp³-hybridized carbons (Fsp3) is 0.381. The van der Waals surface area contributed by atoms with E-state index >= 15 is 0 Å². The fourth-order valence-electron chi connectivity index (χ4n) is 3.37. The van der Waals surface area contributed by atoms with Crippen LogP contribution in [-0.2, 0) is 31.0 Å². The van der Waals surface area contributed by atoms with Gasteiger partial charge in [-0.1, -0.05) is 19.9 Å². The number of nitrogens with zero attached hydrogens (tertiary/aromatic N) is 3. The molecule has 1 saturated heterocycles. The zero-order valence-electron chi connectivity index (χ0n) is 17.0. The predicted octanol–water partition coefficient (Wildman–Crippen LogP) is 2.21. The molecule has 1 aliphatic heterocycles. The van der Waals surface area contributed by atoms with Gasteiger partial charge < -0.3 is 9.64 Å². The first-order chi connectivity index (χ1) is 14.4. The highest BCUT2D eigenvalue weighted by Gasteiger charge is 2.36. The molecule has 30 heavy (non-hydrogen) atoms. The van der Waals surface area contributed by atoms with Crippen LogP contribution in [-0.4, -0.2) is 49.2 Å². The number of esters is 1. The van der Waals surface area contributed by atoms with Crippen LogP contribution in [0.1, 0.15) is 26.0 Å². The Bertz CT molecular complexity index is 989. The first kappa shape index (κ1) is 21.9. The second-order valence-electron chi connectivity index (χ2n) is 6.92. The van der Waals surface area contributed by atoms with E-state index in [0.29, 0.717) is 24.5 Å². The molecule has 2 heterocycles. The molecule has 1 aliphatic rings. The Kier molecular flexibility index (Phi) is 6.84. The number of benzene rings is 1. The molecule has 0 saturated carbocycles. The monoisotopic (exact) mass is 431 g/mol. The maximum Gasteiger partial charge on any atom is 0.311 e. The van der Waals surface area contributed by atoms with Crippen LogP contribution in [0, 0.1) is 5.92 Å².